The highest BCUT2D eigenvalue weighted by atomic mass is 15.5. The standard InChI is InChI=1S/C29H21N5/c1-3-8-23(9-4-1)33(24-10-5-2-6-11-24)25-16-14-22(15-17-25)27-12-7-13-28-29(27)32-34(31-28)26-18-20-30-21-19-26/h1-21H. The Morgan fingerprint density at radius 2 is 1.15 bits per heavy atom. The summed E-state index contributed by atoms with van der Waals surface area (Å²) in [5.41, 5.74) is 8.08. The van der Waals surface area contributed by atoms with Crippen molar-refractivity contribution in [2.45, 2.75) is 0 Å². The van der Waals surface area contributed by atoms with E-state index in [-0.39, 0.29) is 0 Å². The molecule has 6 rings (SSSR count). The van der Waals surface area contributed by atoms with Crippen LogP contribution in [0.15, 0.2) is 128 Å². The van der Waals surface area contributed by atoms with E-state index < -0.39 is 0 Å². The highest BCUT2D eigenvalue weighted by molar-refractivity contribution is 5.92. The summed E-state index contributed by atoms with van der Waals surface area (Å²) in [7, 11) is 0. The van der Waals surface area contributed by atoms with Crippen molar-refractivity contribution in [3.63, 3.8) is 0 Å². The van der Waals surface area contributed by atoms with Crippen LogP contribution in [-0.2, 0) is 0 Å². The molecule has 0 atom stereocenters. The predicted octanol–water partition coefficient (Wildman–Crippen LogP) is 6.95. The van der Waals surface area contributed by atoms with Gasteiger partial charge in [0, 0.05) is 35.0 Å². The molecule has 5 nitrogen and oxygen atoms in total. The zero-order chi connectivity index (χ0) is 22.7. The fourth-order valence-corrected chi connectivity index (χ4v) is 4.15. The largest absolute Gasteiger partial charge is 0.311 e. The highest BCUT2D eigenvalue weighted by Crippen LogP contribution is 2.36. The Labute approximate surface area is 197 Å². The summed E-state index contributed by atoms with van der Waals surface area (Å²) in [5, 5.41) is 9.44. The third-order valence-corrected chi connectivity index (χ3v) is 5.77. The molecule has 34 heavy (non-hydrogen) atoms. The minimum absolute atomic E-state index is 0.855. The molecule has 4 aromatic carbocycles. The van der Waals surface area contributed by atoms with Crippen LogP contribution in [0.4, 0.5) is 17.1 Å². The summed E-state index contributed by atoms with van der Waals surface area (Å²) in [4.78, 5) is 8.00. The Kier molecular flexibility index (Phi) is 5.05. The summed E-state index contributed by atoms with van der Waals surface area (Å²) >= 11 is 0. The van der Waals surface area contributed by atoms with Crippen molar-refractivity contribution in [1.29, 1.82) is 0 Å². The van der Waals surface area contributed by atoms with Gasteiger partial charge in [-0.3, -0.25) is 4.98 Å². The quantitative estimate of drug-likeness (QED) is 0.291. The average molecular weight is 440 g/mol. The molecule has 0 radical (unpaired) electrons. The molecule has 162 valence electrons. The molecule has 5 heteroatoms. The number of rotatable bonds is 5. The van der Waals surface area contributed by atoms with Crippen molar-refractivity contribution in [2.24, 2.45) is 0 Å². The molecule has 0 amide bonds. The van der Waals surface area contributed by atoms with Gasteiger partial charge in [-0.2, -0.15) is 4.80 Å². The van der Waals surface area contributed by atoms with Crippen LogP contribution >= 0.6 is 0 Å². The molecule has 0 spiro atoms. The van der Waals surface area contributed by atoms with Crippen LogP contribution in [0.3, 0.4) is 0 Å². The summed E-state index contributed by atoms with van der Waals surface area (Å²) in [5.74, 6) is 0. The van der Waals surface area contributed by atoms with Crippen LogP contribution in [0.1, 0.15) is 0 Å². The van der Waals surface area contributed by atoms with Crippen LogP contribution in [-0.4, -0.2) is 20.0 Å². The van der Waals surface area contributed by atoms with E-state index in [1.54, 1.807) is 17.2 Å². The van der Waals surface area contributed by atoms with Crippen molar-refractivity contribution in [1.82, 2.24) is 20.0 Å². The zero-order valence-electron chi connectivity index (χ0n) is 18.4. The van der Waals surface area contributed by atoms with Gasteiger partial charge in [0.1, 0.15) is 11.0 Å². The molecule has 0 fully saturated rings. The second-order valence-corrected chi connectivity index (χ2v) is 7.92. The molecular formula is C29H21N5. The van der Waals surface area contributed by atoms with E-state index in [0.717, 1.165) is 44.9 Å². The number of anilines is 3. The molecule has 0 saturated heterocycles. The first-order valence-electron chi connectivity index (χ1n) is 11.1. The number of hydrogen-bond donors (Lipinski definition) is 0. The molecule has 0 aliphatic carbocycles. The highest BCUT2D eigenvalue weighted by Gasteiger charge is 2.14. The fourth-order valence-electron chi connectivity index (χ4n) is 4.15. The number of pyridine rings is 1. The second kappa shape index (κ2) is 8.64. The number of aromatic nitrogens is 4. The molecule has 2 heterocycles. The molecule has 0 unspecified atom stereocenters. The van der Waals surface area contributed by atoms with E-state index in [4.69, 9.17) is 5.10 Å². The van der Waals surface area contributed by atoms with Crippen LogP contribution in [0.2, 0.25) is 0 Å². The van der Waals surface area contributed by atoms with Crippen molar-refractivity contribution in [2.75, 3.05) is 4.90 Å². The lowest BCUT2D eigenvalue weighted by atomic mass is 10.0. The molecule has 0 bridgehead atoms. The summed E-state index contributed by atoms with van der Waals surface area (Å²) in [6, 6.07) is 39.3. The monoisotopic (exact) mass is 439 g/mol. The van der Waals surface area contributed by atoms with Crippen LogP contribution in [0.25, 0.3) is 27.8 Å². The summed E-state index contributed by atoms with van der Waals surface area (Å²) in [6.45, 7) is 0. The average Bonchev–Trinajstić information content (AvgIpc) is 3.36. The third kappa shape index (κ3) is 3.69. The van der Waals surface area contributed by atoms with Crippen molar-refractivity contribution < 1.29 is 0 Å². The number of hydrogen-bond acceptors (Lipinski definition) is 4. The van der Waals surface area contributed by atoms with Gasteiger partial charge in [-0.25, -0.2) is 0 Å². The van der Waals surface area contributed by atoms with E-state index in [1.165, 1.54) is 0 Å². The van der Waals surface area contributed by atoms with Gasteiger partial charge in [0.2, 0.25) is 0 Å². The van der Waals surface area contributed by atoms with Gasteiger partial charge in [-0.15, -0.1) is 10.2 Å². The first-order valence-corrected chi connectivity index (χ1v) is 11.1. The first kappa shape index (κ1) is 19.9. The smallest absolute Gasteiger partial charge is 0.121 e. The van der Waals surface area contributed by atoms with Crippen LogP contribution in [0, 0.1) is 0 Å². The third-order valence-electron chi connectivity index (χ3n) is 5.77. The Morgan fingerprint density at radius 3 is 1.79 bits per heavy atom. The SMILES string of the molecule is c1ccc(N(c2ccccc2)c2ccc(-c3cccc4nn(-c5ccncc5)nc34)cc2)cc1. The maximum absolute atomic E-state index is 4.78. The van der Waals surface area contributed by atoms with Gasteiger partial charge in [0.05, 0.1) is 5.69 Å². The number of nitrogens with zero attached hydrogens (tertiary/aromatic N) is 5. The van der Waals surface area contributed by atoms with E-state index in [0.29, 0.717) is 0 Å². The van der Waals surface area contributed by atoms with Gasteiger partial charge in [0.25, 0.3) is 0 Å². The lowest BCUT2D eigenvalue weighted by molar-refractivity contribution is 0.764. The van der Waals surface area contributed by atoms with Gasteiger partial charge in [-0.1, -0.05) is 60.7 Å². The molecule has 2 aromatic heterocycles. The minimum atomic E-state index is 0.855. The molecule has 6 aromatic rings. The van der Waals surface area contributed by atoms with E-state index >= 15 is 0 Å². The molecule has 0 saturated carbocycles. The maximum Gasteiger partial charge on any atom is 0.121 e. The van der Waals surface area contributed by atoms with E-state index in [2.05, 4.69) is 93.8 Å². The van der Waals surface area contributed by atoms with Crippen molar-refractivity contribution in [3.05, 3.63) is 128 Å². The predicted molar refractivity (Wildman–Crippen MR) is 137 cm³/mol. The van der Waals surface area contributed by atoms with Crippen molar-refractivity contribution >= 4 is 28.1 Å². The van der Waals surface area contributed by atoms with Gasteiger partial charge >= 0.3 is 0 Å². The Hall–Kier alpha value is -4.77. The Morgan fingerprint density at radius 1 is 0.529 bits per heavy atom. The minimum Gasteiger partial charge on any atom is -0.311 e. The molecule has 0 aliphatic heterocycles. The van der Waals surface area contributed by atoms with Crippen LogP contribution in [0.5, 0.6) is 0 Å². The second-order valence-electron chi connectivity index (χ2n) is 7.92. The Balaban J connectivity index is 1.41. The van der Waals surface area contributed by atoms with Gasteiger partial charge in [0.15, 0.2) is 0 Å². The Bertz CT molecular complexity index is 1490. The number of para-hydroxylation sites is 2. The molecule has 0 aliphatic rings. The number of benzene rings is 4. The van der Waals surface area contributed by atoms with E-state index in [1.807, 2.05) is 36.4 Å². The van der Waals surface area contributed by atoms with Crippen molar-refractivity contribution in [3.8, 4) is 16.8 Å². The van der Waals surface area contributed by atoms with Gasteiger partial charge < -0.3 is 4.90 Å². The first-order chi connectivity index (χ1) is 16.9. The van der Waals surface area contributed by atoms with E-state index in [9.17, 15) is 0 Å². The lowest BCUT2D eigenvalue weighted by Crippen LogP contribution is -2.09. The zero-order valence-corrected chi connectivity index (χ0v) is 18.4. The van der Waals surface area contributed by atoms with Gasteiger partial charge in [-0.05, 0) is 60.2 Å². The molecular weight excluding hydrogens is 418 g/mol. The topological polar surface area (TPSA) is 46.8 Å². The normalized spacial score (nSPS) is 10.9. The number of fused-ring (bicyclic) bond motifs is 1. The maximum atomic E-state index is 4.78. The summed E-state index contributed by atoms with van der Waals surface area (Å²) < 4.78 is 0. The lowest BCUT2D eigenvalue weighted by Gasteiger charge is -2.25. The fraction of sp³-hybridized carbons (Fsp3) is 0. The van der Waals surface area contributed by atoms with Crippen LogP contribution < -0.4 is 4.90 Å². The summed E-state index contributed by atoms with van der Waals surface area (Å²) in [6.07, 6.45) is 3.49. The molecule has 0 N–H and O–H groups in total.